The van der Waals surface area contributed by atoms with Gasteiger partial charge < -0.3 is 14.2 Å². The lowest BCUT2D eigenvalue weighted by Gasteiger charge is -2.26. The zero-order valence-corrected chi connectivity index (χ0v) is 11.8. The van der Waals surface area contributed by atoms with Crippen molar-refractivity contribution in [3.63, 3.8) is 0 Å². The predicted octanol–water partition coefficient (Wildman–Crippen LogP) is 2.76. The number of rotatable bonds is 7. The number of esters is 1. The van der Waals surface area contributed by atoms with Gasteiger partial charge in [-0.3, -0.25) is 4.79 Å². The molecule has 0 amide bonds. The van der Waals surface area contributed by atoms with Crippen molar-refractivity contribution in [2.24, 2.45) is 11.8 Å². The normalized spacial score (nSPS) is 21.9. The average Bonchev–Trinajstić information content (AvgIpc) is 2.33. The van der Waals surface area contributed by atoms with Gasteiger partial charge in [0.1, 0.15) is 0 Å². The molecule has 2 unspecified atom stereocenters. The van der Waals surface area contributed by atoms with E-state index in [-0.39, 0.29) is 18.2 Å². The molecule has 4 nitrogen and oxygen atoms in total. The Labute approximate surface area is 110 Å². The average molecular weight is 258 g/mol. The molecule has 0 saturated carbocycles. The summed E-state index contributed by atoms with van der Waals surface area (Å²) in [5, 5.41) is 0. The van der Waals surface area contributed by atoms with Crippen LogP contribution in [0.5, 0.6) is 0 Å². The number of carbonyl (C=O) groups is 1. The first-order chi connectivity index (χ1) is 8.58. The van der Waals surface area contributed by atoms with Gasteiger partial charge in [-0.1, -0.05) is 13.8 Å². The van der Waals surface area contributed by atoms with E-state index in [2.05, 4.69) is 13.8 Å². The molecule has 1 saturated heterocycles. The van der Waals surface area contributed by atoms with Crippen LogP contribution < -0.4 is 0 Å². The van der Waals surface area contributed by atoms with Crippen LogP contribution in [0, 0.1) is 11.8 Å². The van der Waals surface area contributed by atoms with Crippen LogP contribution in [-0.2, 0) is 19.0 Å². The third-order valence-corrected chi connectivity index (χ3v) is 2.98. The summed E-state index contributed by atoms with van der Waals surface area (Å²) in [4.78, 5) is 10.9. The van der Waals surface area contributed by atoms with Crippen LogP contribution in [0.3, 0.4) is 0 Å². The third-order valence-electron chi connectivity index (χ3n) is 2.98. The molecule has 0 N–H and O–H groups in total. The van der Waals surface area contributed by atoms with E-state index in [0.29, 0.717) is 19.1 Å². The van der Waals surface area contributed by atoms with Crippen molar-refractivity contribution in [2.75, 3.05) is 19.8 Å². The fourth-order valence-electron chi connectivity index (χ4n) is 2.17. The Morgan fingerprint density at radius 2 is 2.11 bits per heavy atom. The minimum absolute atomic E-state index is 0.0641. The summed E-state index contributed by atoms with van der Waals surface area (Å²) in [6.07, 6.45) is 4.21. The Bertz CT molecular complexity index is 234. The van der Waals surface area contributed by atoms with E-state index in [1.807, 2.05) is 0 Å². The molecule has 4 heteroatoms. The minimum atomic E-state index is -0.224. The number of hydrogen-bond donors (Lipinski definition) is 0. The standard InChI is InChI=1S/C14H26O4/c1-11(2)8-13(9-17-12(3)15)10-18-14-6-4-5-7-16-14/h11,13-14H,4-10H2,1-3H3. The van der Waals surface area contributed by atoms with Crippen molar-refractivity contribution in [3.8, 4) is 0 Å². The van der Waals surface area contributed by atoms with Gasteiger partial charge >= 0.3 is 5.97 Å². The summed E-state index contributed by atoms with van der Waals surface area (Å²) in [5.74, 6) is 0.610. The van der Waals surface area contributed by atoms with Crippen LogP contribution in [0.4, 0.5) is 0 Å². The molecule has 0 spiro atoms. The van der Waals surface area contributed by atoms with Gasteiger partial charge in [0.05, 0.1) is 13.2 Å². The molecule has 0 aromatic heterocycles. The van der Waals surface area contributed by atoms with Gasteiger partial charge in [0, 0.05) is 19.4 Å². The lowest BCUT2D eigenvalue weighted by Crippen LogP contribution is -2.27. The second-order valence-electron chi connectivity index (χ2n) is 5.43. The van der Waals surface area contributed by atoms with E-state index < -0.39 is 0 Å². The Balaban J connectivity index is 2.27. The van der Waals surface area contributed by atoms with E-state index in [1.54, 1.807) is 0 Å². The molecule has 2 atom stereocenters. The maximum Gasteiger partial charge on any atom is 0.302 e. The fourth-order valence-corrected chi connectivity index (χ4v) is 2.17. The van der Waals surface area contributed by atoms with Crippen molar-refractivity contribution < 1.29 is 19.0 Å². The highest BCUT2D eigenvalue weighted by Gasteiger charge is 2.18. The van der Waals surface area contributed by atoms with E-state index >= 15 is 0 Å². The molecule has 0 radical (unpaired) electrons. The Hall–Kier alpha value is -0.610. The molecule has 0 aromatic carbocycles. The van der Waals surface area contributed by atoms with Crippen LogP contribution in [0.25, 0.3) is 0 Å². The molecular formula is C14H26O4. The molecule has 106 valence electrons. The van der Waals surface area contributed by atoms with E-state index in [4.69, 9.17) is 14.2 Å². The molecule has 0 aromatic rings. The van der Waals surface area contributed by atoms with Gasteiger partial charge in [-0.25, -0.2) is 0 Å². The summed E-state index contributed by atoms with van der Waals surface area (Å²) >= 11 is 0. The molecule has 0 aliphatic carbocycles. The molecule has 18 heavy (non-hydrogen) atoms. The second-order valence-corrected chi connectivity index (χ2v) is 5.43. The topological polar surface area (TPSA) is 44.8 Å². The highest BCUT2D eigenvalue weighted by molar-refractivity contribution is 5.65. The summed E-state index contributed by atoms with van der Waals surface area (Å²) in [6, 6.07) is 0. The van der Waals surface area contributed by atoms with Crippen LogP contribution in [0.15, 0.2) is 0 Å². The van der Waals surface area contributed by atoms with Crippen molar-refractivity contribution in [1.82, 2.24) is 0 Å². The van der Waals surface area contributed by atoms with Crippen LogP contribution in [-0.4, -0.2) is 32.1 Å². The summed E-state index contributed by atoms with van der Waals surface area (Å²) in [5.41, 5.74) is 0. The Morgan fingerprint density at radius 3 is 2.67 bits per heavy atom. The second kappa shape index (κ2) is 8.48. The van der Waals surface area contributed by atoms with Gasteiger partial charge in [-0.2, -0.15) is 0 Å². The fraction of sp³-hybridized carbons (Fsp3) is 0.929. The summed E-state index contributed by atoms with van der Waals surface area (Å²) in [6.45, 7) is 7.62. The van der Waals surface area contributed by atoms with E-state index in [1.165, 1.54) is 13.3 Å². The smallest absolute Gasteiger partial charge is 0.302 e. The Kier molecular flexibility index (Phi) is 7.28. The highest BCUT2D eigenvalue weighted by Crippen LogP contribution is 2.18. The predicted molar refractivity (Wildman–Crippen MR) is 69.1 cm³/mol. The van der Waals surface area contributed by atoms with Crippen molar-refractivity contribution in [2.45, 2.75) is 52.7 Å². The van der Waals surface area contributed by atoms with E-state index in [0.717, 1.165) is 25.9 Å². The number of ether oxygens (including phenoxy) is 3. The molecule has 1 rings (SSSR count). The van der Waals surface area contributed by atoms with Gasteiger partial charge in [-0.05, 0) is 31.6 Å². The summed E-state index contributed by atoms with van der Waals surface area (Å²) in [7, 11) is 0. The van der Waals surface area contributed by atoms with Gasteiger partial charge in [0.2, 0.25) is 0 Å². The largest absolute Gasteiger partial charge is 0.465 e. The first-order valence-corrected chi connectivity index (χ1v) is 6.94. The zero-order valence-electron chi connectivity index (χ0n) is 11.8. The monoisotopic (exact) mass is 258 g/mol. The molecular weight excluding hydrogens is 232 g/mol. The van der Waals surface area contributed by atoms with Gasteiger partial charge in [-0.15, -0.1) is 0 Å². The highest BCUT2D eigenvalue weighted by atomic mass is 16.7. The number of hydrogen-bond acceptors (Lipinski definition) is 4. The summed E-state index contributed by atoms with van der Waals surface area (Å²) < 4.78 is 16.4. The first kappa shape index (κ1) is 15.4. The SMILES string of the molecule is CC(=O)OCC(COC1CCCCO1)CC(C)C. The quantitative estimate of drug-likeness (QED) is 0.659. The maximum absolute atomic E-state index is 10.9. The molecule has 1 heterocycles. The van der Waals surface area contributed by atoms with Crippen LogP contribution >= 0.6 is 0 Å². The van der Waals surface area contributed by atoms with Crippen molar-refractivity contribution >= 4 is 5.97 Å². The lowest BCUT2D eigenvalue weighted by atomic mass is 9.98. The van der Waals surface area contributed by atoms with E-state index in [9.17, 15) is 4.79 Å². The van der Waals surface area contributed by atoms with Crippen LogP contribution in [0.1, 0.15) is 46.5 Å². The molecule has 1 aliphatic heterocycles. The maximum atomic E-state index is 10.9. The Morgan fingerprint density at radius 1 is 1.33 bits per heavy atom. The van der Waals surface area contributed by atoms with Crippen molar-refractivity contribution in [3.05, 3.63) is 0 Å². The zero-order chi connectivity index (χ0) is 13.4. The van der Waals surface area contributed by atoms with Gasteiger partial charge in [0.25, 0.3) is 0 Å². The molecule has 0 bridgehead atoms. The third kappa shape index (κ3) is 6.97. The first-order valence-electron chi connectivity index (χ1n) is 6.94. The number of carbonyl (C=O) groups excluding carboxylic acids is 1. The lowest BCUT2D eigenvalue weighted by molar-refractivity contribution is -0.173. The van der Waals surface area contributed by atoms with Crippen LogP contribution in [0.2, 0.25) is 0 Å². The molecule has 1 fully saturated rings. The van der Waals surface area contributed by atoms with Gasteiger partial charge in [0.15, 0.2) is 6.29 Å². The van der Waals surface area contributed by atoms with Crippen molar-refractivity contribution in [1.29, 1.82) is 0 Å². The molecule has 1 aliphatic rings. The minimum Gasteiger partial charge on any atom is -0.465 e.